The molecule has 0 aliphatic carbocycles. The molecule has 1 amide bonds. The molecule has 3 N–H and O–H groups in total. The maximum Gasteiger partial charge on any atom is 0.220 e. The Hall–Kier alpha value is -0.610. The Morgan fingerprint density at radius 1 is 0.339 bits per heavy atom. The van der Waals surface area contributed by atoms with E-state index in [-0.39, 0.29) is 12.5 Å². The molecule has 0 aromatic rings. The van der Waals surface area contributed by atoms with Gasteiger partial charge in [-0.15, -0.1) is 0 Å². The topological polar surface area (TPSA) is 69.6 Å². The summed E-state index contributed by atoms with van der Waals surface area (Å²) in [5.41, 5.74) is 0. The SMILES string of the molecule is CCCCCCCCCCCCCCCCCCCCCCCCCCCCCCCCCC(=O)NC(CO)C(O)CCCCCCCCCCCCCCCCCC. The van der Waals surface area contributed by atoms with Gasteiger partial charge in [-0.2, -0.15) is 0 Å². The Kier molecular flexibility index (Phi) is 51.2. The zero-order chi connectivity index (χ0) is 42.8. The number of unbranched alkanes of at least 4 members (excludes halogenated alkanes) is 45. The lowest BCUT2D eigenvalue weighted by Crippen LogP contribution is -2.45. The fourth-order valence-corrected chi connectivity index (χ4v) is 9.13. The van der Waals surface area contributed by atoms with Crippen LogP contribution >= 0.6 is 0 Å². The van der Waals surface area contributed by atoms with Gasteiger partial charge in [-0.3, -0.25) is 4.79 Å². The van der Waals surface area contributed by atoms with Crippen LogP contribution in [0.25, 0.3) is 0 Å². The van der Waals surface area contributed by atoms with Gasteiger partial charge in [0.05, 0.1) is 18.8 Å². The molecule has 2 atom stereocenters. The minimum Gasteiger partial charge on any atom is -0.394 e. The fourth-order valence-electron chi connectivity index (χ4n) is 9.13. The molecule has 0 bridgehead atoms. The van der Waals surface area contributed by atoms with Crippen LogP contribution in [0.3, 0.4) is 0 Å². The van der Waals surface area contributed by atoms with E-state index in [1.54, 1.807) is 0 Å². The van der Waals surface area contributed by atoms with Crippen molar-refractivity contribution < 1.29 is 15.0 Å². The van der Waals surface area contributed by atoms with Gasteiger partial charge in [-0.1, -0.05) is 309 Å². The van der Waals surface area contributed by atoms with E-state index >= 15 is 0 Å². The van der Waals surface area contributed by atoms with E-state index in [1.165, 1.54) is 276 Å². The lowest BCUT2D eigenvalue weighted by Gasteiger charge is -2.22. The Morgan fingerprint density at radius 3 is 0.763 bits per heavy atom. The molecule has 0 aliphatic rings. The first-order valence-corrected chi connectivity index (χ1v) is 27.7. The number of carbonyl (C=O) groups excluding carboxylic acids is 1. The average Bonchev–Trinajstić information content (AvgIpc) is 3.24. The van der Waals surface area contributed by atoms with Crippen molar-refractivity contribution in [2.75, 3.05) is 6.61 Å². The van der Waals surface area contributed by atoms with Gasteiger partial charge in [0.15, 0.2) is 0 Å². The minimum absolute atomic E-state index is 0.0227. The summed E-state index contributed by atoms with van der Waals surface area (Å²) < 4.78 is 0. The smallest absolute Gasteiger partial charge is 0.220 e. The van der Waals surface area contributed by atoms with E-state index in [0.29, 0.717) is 12.8 Å². The molecule has 59 heavy (non-hydrogen) atoms. The number of rotatable bonds is 52. The van der Waals surface area contributed by atoms with Crippen molar-refractivity contribution in [2.24, 2.45) is 0 Å². The summed E-state index contributed by atoms with van der Waals surface area (Å²) in [6.45, 7) is 4.40. The Bertz CT molecular complexity index is 773. The molecule has 0 saturated heterocycles. The first-order valence-electron chi connectivity index (χ1n) is 27.7. The molecular formula is C55H111NO3. The van der Waals surface area contributed by atoms with Crippen LogP contribution in [0.15, 0.2) is 0 Å². The normalized spacial score (nSPS) is 12.7. The zero-order valence-electron chi connectivity index (χ0n) is 40.8. The van der Waals surface area contributed by atoms with Gasteiger partial charge in [0.1, 0.15) is 0 Å². The highest BCUT2D eigenvalue weighted by atomic mass is 16.3. The van der Waals surface area contributed by atoms with E-state index in [4.69, 9.17) is 0 Å². The second-order valence-electron chi connectivity index (χ2n) is 19.4. The Balaban J connectivity index is 3.37. The van der Waals surface area contributed by atoms with Crippen LogP contribution in [0.5, 0.6) is 0 Å². The predicted octanol–water partition coefficient (Wildman–Crippen LogP) is 18.0. The van der Waals surface area contributed by atoms with Crippen molar-refractivity contribution in [1.82, 2.24) is 5.32 Å². The van der Waals surface area contributed by atoms with Crippen LogP contribution in [0.1, 0.15) is 328 Å². The second-order valence-corrected chi connectivity index (χ2v) is 19.4. The van der Waals surface area contributed by atoms with Crippen molar-refractivity contribution in [3.63, 3.8) is 0 Å². The van der Waals surface area contributed by atoms with Crippen LogP contribution < -0.4 is 5.32 Å². The van der Waals surface area contributed by atoms with E-state index in [1.807, 2.05) is 0 Å². The number of hydrogen-bond donors (Lipinski definition) is 3. The highest BCUT2D eigenvalue weighted by Crippen LogP contribution is 2.18. The molecule has 0 fully saturated rings. The van der Waals surface area contributed by atoms with Crippen LogP contribution in [-0.2, 0) is 4.79 Å². The molecule has 0 rings (SSSR count). The van der Waals surface area contributed by atoms with Crippen molar-refractivity contribution >= 4 is 5.91 Å². The second kappa shape index (κ2) is 51.7. The summed E-state index contributed by atoms with van der Waals surface area (Å²) >= 11 is 0. The van der Waals surface area contributed by atoms with Gasteiger partial charge in [0.25, 0.3) is 0 Å². The molecule has 0 radical (unpaired) electrons. The molecule has 4 nitrogen and oxygen atoms in total. The maximum atomic E-state index is 12.5. The average molecular weight is 834 g/mol. The van der Waals surface area contributed by atoms with E-state index in [0.717, 1.165) is 25.7 Å². The predicted molar refractivity (Wildman–Crippen MR) is 263 cm³/mol. The van der Waals surface area contributed by atoms with Crippen LogP contribution in [0.4, 0.5) is 0 Å². The summed E-state index contributed by atoms with van der Waals surface area (Å²) in [7, 11) is 0. The van der Waals surface area contributed by atoms with Gasteiger partial charge >= 0.3 is 0 Å². The molecular weight excluding hydrogens is 723 g/mol. The minimum atomic E-state index is -0.654. The van der Waals surface area contributed by atoms with Crippen LogP contribution in [-0.4, -0.2) is 34.9 Å². The molecule has 0 aliphatic heterocycles. The van der Waals surface area contributed by atoms with Crippen LogP contribution in [0.2, 0.25) is 0 Å². The molecule has 0 heterocycles. The first kappa shape index (κ1) is 58.4. The summed E-state index contributed by atoms with van der Waals surface area (Å²) in [5, 5.41) is 23.3. The van der Waals surface area contributed by atoms with E-state index in [2.05, 4.69) is 19.2 Å². The highest BCUT2D eigenvalue weighted by Gasteiger charge is 2.20. The molecule has 4 heteroatoms. The number of aliphatic hydroxyl groups is 2. The third-order valence-corrected chi connectivity index (χ3v) is 13.4. The van der Waals surface area contributed by atoms with Gasteiger partial charge in [0, 0.05) is 6.42 Å². The standard InChI is InChI=1S/C55H111NO3/c1-3-5-7-9-11-13-15-17-19-21-22-23-24-25-26-27-28-29-30-31-32-33-34-35-37-39-41-43-45-47-49-51-55(59)56-53(52-57)54(58)50-48-46-44-42-40-38-36-20-18-16-14-12-10-8-6-4-2/h53-54,57-58H,3-52H2,1-2H3,(H,56,59). The Labute approximate surface area is 372 Å². The summed E-state index contributed by atoms with van der Waals surface area (Å²) in [6.07, 6.45) is 65.2. The fraction of sp³-hybridized carbons (Fsp3) is 0.982. The third-order valence-electron chi connectivity index (χ3n) is 13.4. The number of hydrogen-bond acceptors (Lipinski definition) is 3. The van der Waals surface area contributed by atoms with E-state index in [9.17, 15) is 15.0 Å². The van der Waals surface area contributed by atoms with E-state index < -0.39 is 12.1 Å². The number of carbonyl (C=O) groups is 1. The first-order chi connectivity index (χ1) is 29.2. The number of amides is 1. The lowest BCUT2D eigenvalue weighted by molar-refractivity contribution is -0.123. The monoisotopic (exact) mass is 834 g/mol. The highest BCUT2D eigenvalue weighted by molar-refractivity contribution is 5.76. The summed E-state index contributed by atoms with van der Waals surface area (Å²) in [5.74, 6) is -0.0227. The van der Waals surface area contributed by atoms with Crippen molar-refractivity contribution in [2.45, 2.75) is 341 Å². The van der Waals surface area contributed by atoms with Crippen molar-refractivity contribution in [1.29, 1.82) is 0 Å². The Morgan fingerprint density at radius 2 is 0.542 bits per heavy atom. The molecule has 2 unspecified atom stereocenters. The van der Waals surface area contributed by atoms with Crippen LogP contribution in [0, 0.1) is 0 Å². The largest absolute Gasteiger partial charge is 0.394 e. The quantitative estimate of drug-likeness (QED) is 0.0535. The van der Waals surface area contributed by atoms with Crippen molar-refractivity contribution in [3.05, 3.63) is 0 Å². The molecule has 0 aromatic carbocycles. The zero-order valence-corrected chi connectivity index (χ0v) is 40.8. The summed E-state index contributed by atoms with van der Waals surface area (Å²) in [6, 6.07) is -0.530. The molecule has 354 valence electrons. The molecule has 0 aromatic heterocycles. The van der Waals surface area contributed by atoms with Crippen molar-refractivity contribution in [3.8, 4) is 0 Å². The van der Waals surface area contributed by atoms with Gasteiger partial charge < -0.3 is 15.5 Å². The van der Waals surface area contributed by atoms with Gasteiger partial charge in [-0.05, 0) is 12.8 Å². The number of nitrogens with one attached hydrogen (secondary N) is 1. The van der Waals surface area contributed by atoms with Gasteiger partial charge in [-0.25, -0.2) is 0 Å². The van der Waals surface area contributed by atoms with Gasteiger partial charge in [0.2, 0.25) is 5.91 Å². The number of aliphatic hydroxyl groups excluding tert-OH is 2. The lowest BCUT2D eigenvalue weighted by atomic mass is 10.0. The third kappa shape index (κ3) is 48.3. The maximum absolute atomic E-state index is 12.5. The molecule has 0 saturated carbocycles. The molecule has 0 spiro atoms. The summed E-state index contributed by atoms with van der Waals surface area (Å²) in [4.78, 5) is 12.5.